The molecular formula is C13H22N4O. The van der Waals surface area contributed by atoms with Crippen LogP contribution in [-0.2, 0) is 7.05 Å². The molecule has 2 heterocycles. The molecule has 1 aromatic heterocycles. The fraction of sp³-hybridized carbons (Fsp3) is 0.692. The molecule has 1 aliphatic rings. The summed E-state index contributed by atoms with van der Waals surface area (Å²) in [6, 6.07) is 2.26. The zero-order chi connectivity index (χ0) is 13.1. The number of carbonyl (C=O) groups excluding carboxylic acids is 1. The number of hydrogen-bond acceptors (Lipinski definition) is 2. The van der Waals surface area contributed by atoms with E-state index in [0.29, 0.717) is 11.9 Å². The third-order valence-electron chi connectivity index (χ3n) is 3.71. The summed E-state index contributed by atoms with van der Waals surface area (Å²) in [6.45, 7) is 4.97. The molecule has 0 aromatic carbocycles. The van der Waals surface area contributed by atoms with Gasteiger partial charge in [-0.1, -0.05) is 6.92 Å². The molecule has 2 amide bonds. The van der Waals surface area contributed by atoms with Gasteiger partial charge in [-0.2, -0.15) is 5.10 Å². The average Bonchev–Trinajstić information content (AvgIpc) is 2.68. The first-order valence-electron chi connectivity index (χ1n) is 6.70. The van der Waals surface area contributed by atoms with Gasteiger partial charge in [0.25, 0.3) is 0 Å². The van der Waals surface area contributed by atoms with Gasteiger partial charge in [-0.25, -0.2) is 4.79 Å². The van der Waals surface area contributed by atoms with Crippen molar-refractivity contribution in [3.05, 3.63) is 11.8 Å². The molecule has 0 spiro atoms. The van der Waals surface area contributed by atoms with Gasteiger partial charge in [0, 0.05) is 31.4 Å². The highest BCUT2D eigenvalue weighted by Crippen LogP contribution is 2.20. The van der Waals surface area contributed by atoms with E-state index in [1.54, 1.807) is 4.68 Å². The van der Waals surface area contributed by atoms with Crippen LogP contribution >= 0.6 is 0 Å². The maximum Gasteiger partial charge on any atom is 0.323 e. The van der Waals surface area contributed by atoms with Gasteiger partial charge in [-0.05, 0) is 32.6 Å². The lowest BCUT2D eigenvalue weighted by Gasteiger charge is -2.34. The summed E-state index contributed by atoms with van der Waals surface area (Å²) < 4.78 is 1.77. The first-order chi connectivity index (χ1) is 8.61. The van der Waals surface area contributed by atoms with Gasteiger partial charge in [-0.15, -0.1) is 0 Å². The number of anilines is 1. The van der Waals surface area contributed by atoms with Crippen LogP contribution in [0.3, 0.4) is 0 Å². The van der Waals surface area contributed by atoms with E-state index in [1.165, 1.54) is 6.42 Å². The van der Waals surface area contributed by atoms with Crippen LogP contribution in [0.15, 0.2) is 6.07 Å². The fourth-order valence-corrected chi connectivity index (χ4v) is 2.50. The van der Waals surface area contributed by atoms with Gasteiger partial charge < -0.3 is 4.90 Å². The summed E-state index contributed by atoms with van der Waals surface area (Å²) in [5, 5.41) is 7.15. The van der Waals surface area contributed by atoms with E-state index in [9.17, 15) is 4.79 Å². The summed E-state index contributed by atoms with van der Waals surface area (Å²) in [7, 11) is 1.88. The Labute approximate surface area is 108 Å². The van der Waals surface area contributed by atoms with Crippen LogP contribution < -0.4 is 5.32 Å². The molecule has 1 aliphatic heterocycles. The second-order valence-electron chi connectivity index (χ2n) is 4.98. The smallest absolute Gasteiger partial charge is 0.322 e. The monoisotopic (exact) mass is 250 g/mol. The minimum Gasteiger partial charge on any atom is -0.322 e. The highest BCUT2D eigenvalue weighted by molar-refractivity contribution is 5.88. The van der Waals surface area contributed by atoms with E-state index in [-0.39, 0.29) is 6.03 Å². The number of nitrogens with zero attached hydrogens (tertiary/aromatic N) is 3. The first-order valence-corrected chi connectivity index (χ1v) is 6.70. The molecule has 5 heteroatoms. The van der Waals surface area contributed by atoms with Crippen molar-refractivity contribution in [1.82, 2.24) is 14.7 Å². The molecule has 0 radical (unpaired) electrons. The zero-order valence-corrected chi connectivity index (χ0v) is 11.4. The molecule has 2 rings (SSSR count). The first kappa shape index (κ1) is 12.9. The zero-order valence-electron chi connectivity index (χ0n) is 11.4. The summed E-state index contributed by atoms with van der Waals surface area (Å²) >= 11 is 0. The van der Waals surface area contributed by atoms with Crippen molar-refractivity contribution < 1.29 is 4.79 Å². The van der Waals surface area contributed by atoms with Gasteiger partial charge in [-0.3, -0.25) is 10.00 Å². The molecule has 5 nitrogen and oxygen atoms in total. The van der Waals surface area contributed by atoms with Gasteiger partial charge in [0.2, 0.25) is 0 Å². The third kappa shape index (κ3) is 2.66. The van der Waals surface area contributed by atoms with E-state index in [4.69, 9.17) is 0 Å². The molecule has 100 valence electrons. The van der Waals surface area contributed by atoms with E-state index >= 15 is 0 Å². The normalized spacial score (nSPS) is 19.9. The summed E-state index contributed by atoms with van der Waals surface area (Å²) in [6.07, 6.45) is 4.47. The van der Waals surface area contributed by atoms with Crippen LogP contribution in [0.5, 0.6) is 0 Å². The molecule has 1 N–H and O–H groups in total. The predicted molar refractivity (Wildman–Crippen MR) is 71.6 cm³/mol. The Morgan fingerprint density at radius 1 is 1.56 bits per heavy atom. The molecule has 1 atom stereocenters. The van der Waals surface area contributed by atoms with Crippen molar-refractivity contribution in [2.24, 2.45) is 7.05 Å². The van der Waals surface area contributed by atoms with E-state index < -0.39 is 0 Å². The maximum absolute atomic E-state index is 12.2. The van der Waals surface area contributed by atoms with Crippen LogP contribution in [0.25, 0.3) is 0 Å². The lowest BCUT2D eigenvalue weighted by molar-refractivity contribution is 0.160. The number of amides is 2. The van der Waals surface area contributed by atoms with Crippen LogP contribution in [0, 0.1) is 6.92 Å². The number of piperidine rings is 1. The van der Waals surface area contributed by atoms with Crippen LogP contribution in [0.2, 0.25) is 0 Å². The molecule has 0 aliphatic carbocycles. The van der Waals surface area contributed by atoms with Gasteiger partial charge in [0.1, 0.15) is 0 Å². The minimum absolute atomic E-state index is 0.0142. The number of hydrogen-bond donors (Lipinski definition) is 1. The van der Waals surface area contributed by atoms with Crippen LogP contribution in [0.4, 0.5) is 10.6 Å². The number of nitrogens with one attached hydrogen (secondary N) is 1. The third-order valence-corrected chi connectivity index (χ3v) is 3.71. The van der Waals surface area contributed by atoms with Gasteiger partial charge in [0.15, 0.2) is 5.82 Å². The Morgan fingerprint density at radius 2 is 2.33 bits per heavy atom. The van der Waals surface area contributed by atoms with Crippen molar-refractivity contribution in [2.75, 3.05) is 11.9 Å². The molecule has 1 fully saturated rings. The van der Waals surface area contributed by atoms with Crippen molar-refractivity contribution >= 4 is 11.8 Å². The largest absolute Gasteiger partial charge is 0.323 e. The fourth-order valence-electron chi connectivity index (χ4n) is 2.50. The van der Waals surface area contributed by atoms with E-state index in [1.807, 2.05) is 24.9 Å². The quantitative estimate of drug-likeness (QED) is 0.876. The predicted octanol–water partition coefficient (Wildman–Crippen LogP) is 2.52. The molecule has 18 heavy (non-hydrogen) atoms. The van der Waals surface area contributed by atoms with Crippen molar-refractivity contribution in [1.29, 1.82) is 0 Å². The lowest BCUT2D eigenvalue weighted by Crippen LogP contribution is -2.45. The van der Waals surface area contributed by atoms with Crippen molar-refractivity contribution in [3.63, 3.8) is 0 Å². The molecule has 1 aromatic rings. The van der Waals surface area contributed by atoms with Crippen LogP contribution in [0.1, 0.15) is 38.3 Å². The highest BCUT2D eigenvalue weighted by Gasteiger charge is 2.25. The molecule has 1 unspecified atom stereocenters. The molecular weight excluding hydrogens is 228 g/mol. The van der Waals surface area contributed by atoms with Crippen molar-refractivity contribution in [2.45, 2.75) is 45.6 Å². The second-order valence-corrected chi connectivity index (χ2v) is 4.98. The Hall–Kier alpha value is -1.52. The molecule has 0 bridgehead atoms. The maximum atomic E-state index is 12.2. The number of likely N-dealkylation sites (tertiary alicyclic amines) is 1. The average molecular weight is 250 g/mol. The Bertz CT molecular complexity index is 407. The van der Waals surface area contributed by atoms with E-state index in [0.717, 1.165) is 31.5 Å². The topological polar surface area (TPSA) is 50.2 Å². The number of carbonyl (C=O) groups is 1. The standard InChI is InChI=1S/C13H22N4O/c1-4-11-7-5-6-8-17(11)13(18)14-12-9-10(2)16(3)15-12/h9,11H,4-8H2,1-3H3,(H,14,15,18). The molecule has 1 saturated heterocycles. The SMILES string of the molecule is CCC1CCCCN1C(=O)Nc1cc(C)n(C)n1. The van der Waals surface area contributed by atoms with Gasteiger partial charge >= 0.3 is 6.03 Å². The Kier molecular flexibility index (Phi) is 3.89. The minimum atomic E-state index is -0.0142. The summed E-state index contributed by atoms with van der Waals surface area (Å²) in [5.41, 5.74) is 1.04. The summed E-state index contributed by atoms with van der Waals surface area (Å²) in [5.74, 6) is 0.639. The van der Waals surface area contributed by atoms with Gasteiger partial charge in [0.05, 0.1) is 0 Å². The Morgan fingerprint density at radius 3 is 2.94 bits per heavy atom. The lowest BCUT2D eigenvalue weighted by atomic mass is 10.0. The molecule has 0 saturated carbocycles. The number of urea groups is 1. The number of aryl methyl sites for hydroxylation is 2. The summed E-state index contributed by atoms with van der Waals surface area (Å²) in [4.78, 5) is 14.2. The highest BCUT2D eigenvalue weighted by atomic mass is 16.2. The number of aromatic nitrogens is 2. The Balaban J connectivity index is 2.02. The second kappa shape index (κ2) is 5.42. The van der Waals surface area contributed by atoms with E-state index in [2.05, 4.69) is 17.3 Å². The van der Waals surface area contributed by atoms with Crippen LogP contribution in [-0.4, -0.2) is 33.3 Å². The van der Waals surface area contributed by atoms with Crippen molar-refractivity contribution in [3.8, 4) is 0 Å². The number of rotatable bonds is 2.